The first-order valence-electron chi connectivity index (χ1n) is 8.42. The van der Waals surface area contributed by atoms with Crippen molar-refractivity contribution in [2.75, 3.05) is 11.6 Å². The zero-order valence-corrected chi connectivity index (χ0v) is 14.1. The number of rotatable bonds is 2. The minimum absolute atomic E-state index is 0.345. The molecule has 0 bridgehead atoms. The molecule has 5 rings (SSSR count). The van der Waals surface area contributed by atoms with Crippen LogP contribution in [0.3, 0.4) is 0 Å². The van der Waals surface area contributed by atoms with Gasteiger partial charge in [0.25, 0.3) is 0 Å². The summed E-state index contributed by atoms with van der Waals surface area (Å²) in [5, 5.41) is 8.83. The van der Waals surface area contributed by atoms with Crippen molar-refractivity contribution in [1.29, 1.82) is 0 Å². The van der Waals surface area contributed by atoms with Gasteiger partial charge in [-0.1, -0.05) is 13.0 Å². The van der Waals surface area contributed by atoms with E-state index in [0.717, 1.165) is 34.4 Å². The average molecular weight is 349 g/mol. The van der Waals surface area contributed by atoms with E-state index in [0.29, 0.717) is 29.9 Å². The van der Waals surface area contributed by atoms with Crippen LogP contribution >= 0.6 is 0 Å². The summed E-state index contributed by atoms with van der Waals surface area (Å²) in [6.45, 7) is 2.92. The number of hydrogen-bond donors (Lipinski definition) is 0. The van der Waals surface area contributed by atoms with E-state index in [-0.39, 0.29) is 5.63 Å². The fraction of sp³-hybridized carbons (Fsp3) is 0.211. The lowest BCUT2D eigenvalue weighted by Gasteiger charge is -2.31. The normalized spacial score (nSPS) is 13.8. The average Bonchev–Trinajstić information content (AvgIpc) is 3.15. The van der Waals surface area contributed by atoms with Gasteiger partial charge in [0, 0.05) is 11.5 Å². The van der Waals surface area contributed by atoms with E-state index in [4.69, 9.17) is 13.8 Å². The fourth-order valence-corrected chi connectivity index (χ4v) is 3.49. The van der Waals surface area contributed by atoms with E-state index in [1.807, 2.05) is 42.2 Å². The second-order valence-corrected chi connectivity index (χ2v) is 6.24. The molecule has 1 aliphatic heterocycles. The summed E-state index contributed by atoms with van der Waals surface area (Å²) < 4.78 is 16.3. The smallest absolute Gasteiger partial charge is 0.336 e. The molecule has 26 heavy (non-hydrogen) atoms. The van der Waals surface area contributed by atoms with Crippen molar-refractivity contribution in [3.63, 3.8) is 0 Å². The van der Waals surface area contributed by atoms with Gasteiger partial charge in [-0.2, -0.15) is 0 Å². The van der Waals surface area contributed by atoms with Gasteiger partial charge in [-0.3, -0.25) is 0 Å². The molecular weight excluding hydrogens is 334 g/mol. The third-order valence-corrected chi connectivity index (χ3v) is 4.77. The van der Waals surface area contributed by atoms with Crippen LogP contribution in [0.25, 0.3) is 22.0 Å². The number of anilines is 1. The predicted octanol–water partition coefficient (Wildman–Crippen LogP) is 3.25. The number of ether oxygens (including phenoxy) is 1. The fourth-order valence-electron chi connectivity index (χ4n) is 3.49. The molecule has 0 amide bonds. The molecule has 0 saturated carbocycles. The maximum atomic E-state index is 12.0. The van der Waals surface area contributed by atoms with Crippen LogP contribution in [-0.4, -0.2) is 17.0 Å². The molecule has 0 saturated heterocycles. The maximum absolute atomic E-state index is 12.0. The predicted molar refractivity (Wildman–Crippen MR) is 95.3 cm³/mol. The largest absolute Gasteiger partial charge is 0.473 e. The van der Waals surface area contributed by atoms with Gasteiger partial charge in [0.2, 0.25) is 0 Å². The molecule has 0 radical (unpaired) electrons. The zero-order valence-electron chi connectivity index (χ0n) is 14.1. The van der Waals surface area contributed by atoms with Gasteiger partial charge < -0.3 is 14.1 Å². The van der Waals surface area contributed by atoms with Gasteiger partial charge in [-0.05, 0) is 46.6 Å². The lowest BCUT2D eigenvalue weighted by Crippen LogP contribution is -2.32. The zero-order chi connectivity index (χ0) is 17.7. The summed E-state index contributed by atoms with van der Waals surface area (Å²) in [6, 6.07) is 11.1. The van der Waals surface area contributed by atoms with Crippen molar-refractivity contribution in [1.82, 2.24) is 10.3 Å². The lowest BCUT2D eigenvalue weighted by atomic mass is 10.0. The second kappa shape index (κ2) is 5.59. The summed E-state index contributed by atoms with van der Waals surface area (Å²) in [4.78, 5) is 14.0. The van der Waals surface area contributed by atoms with E-state index in [1.165, 1.54) is 0 Å². The summed E-state index contributed by atoms with van der Waals surface area (Å²) in [6.07, 6.45) is 0.759. The Balaban J connectivity index is 1.67. The van der Waals surface area contributed by atoms with Crippen LogP contribution in [0.5, 0.6) is 5.75 Å². The summed E-state index contributed by atoms with van der Waals surface area (Å²) in [5.41, 5.74) is 4.29. The summed E-state index contributed by atoms with van der Waals surface area (Å²) in [7, 11) is 0. The highest BCUT2D eigenvalue weighted by Gasteiger charge is 2.24. The number of nitrogens with zero attached hydrogens (tertiary/aromatic N) is 3. The van der Waals surface area contributed by atoms with Crippen LogP contribution in [0.2, 0.25) is 0 Å². The number of aromatic nitrogens is 2. The third kappa shape index (κ3) is 2.17. The van der Waals surface area contributed by atoms with Crippen LogP contribution in [0.15, 0.2) is 50.2 Å². The Kier molecular flexibility index (Phi) is 3.21. The molecule has 0 atom stereocenters. The first-order chi connectivity index (χ1) is 12.7. The molecule has 3 heterocycles. The van der Waals surface area contributed by atoms with Crippen molar-refractivity contribution >= 4 is 27.7 Å². The molecule has 0 N–H and O–H groups in total. The summed E-state index contributed by atoms with van der Waals surface area (Å²) >= 11 is 0. The summed E-state index contributed by atoms with van der Waals surface area (Å²) in [5.74, 6) is 0.732. The van der Waals surface area contributed by atoms with Crippen LogP contribution < -0.4 is 15.3 Å². The molecule has 0 aliphatic carbocycles. The molecule has 130 valence electrons. The second-order valence-electron chi connectivity index (χ2n) is 6.24. The molecule has 2 aromatic heterocycles. The van der Waals surface area contributed by atoms with E-state index in [9.17, 15) is 4.79 Å². The molecule has 2 aromatic carbocycles. The Labute approximate surface area is 147 Å². The van der Waals surface area contributed by atoms with Crippen molar-refractivity contribution in [2.45, 2.75) is 19.9 Å². The molecule has 7 heteroatoms. The topological polar surface area (TPSA) is 81.6 Å². The van der Waals surface area contributed by atoms with E-state index >= 15 is 0 Å². The van der Waals surface area contributed by atoms with Crippen LogP contribution in [0.1, 0.15) is 18.1 Å². The van der Waals surface area contributed by atoms with Gasteiger partial charge in [0.1, 0.15) is 16.8 Å². The van der Waals surface area contributed by atoms with E-state index in [1.54, 1.807) is 6.07 Å². The van der Waals surface area contributed by atoms with E-state index < -0.39 is 0 Å². The first kappa shape index (κ1) is 14.9. The van der Waals surface area contributed by atoms with Gasteiger partial charge in [0.15, 0.2) is 12.2 Å². The van der Waals surface area contributed by atoms with Crippen LogP contribution in [-0.2, 0) is 13.0 Å². The Morgan fingerprint density at radius 3 is 3.00 bits per heavy atom. The van der Waals surface area contributed by atoms with Gasteiger partial charge in [-0.25, -0.2) is 9.42 Å². The molecule has 1 aliphatic rings. The minimum Gasteiger partial charge on any atom is -0.473 e. The third-order valence-electron chi connectivity index (χ3n) is 4.77. The highest BCUT2D eigenvalue weighted by Crippen LogP contribution is 2.36. The van der Waals surface area contributed by atoms with Gasteiger partial charge in [-0.15, -0.1) is 0 Å². The maximum Gasteiger partial charge on any atom is 0.336 e. The molecule has 7 nitrogen and oxygen atoms in total. The van der Waals surface area contributed by atoms with Crippen molar-refractivity contribution < 1.29 is 13.8 Å². The molecule has 0 fully saturated rings. The van der Waals surface area contributed by atoms with Crippen molar-refractivity contribution in [2.24, 2.45) is 0 Å². The quantitative estimate of drug-likeness (QED) is 0.514. The Morgan fingerprint density at radius 2 is 2.12 bits per heavy atom. The number of aryl methyl sites for hydroxylation is 1. The number of fused-ring (bicyclic) bond motifs is 4. The van der Waals surface area contributed by atoms with Crippen LogP contribution in [0, 0.1) is 0 Å². The van der Waals surface area contributed by atoms with E-state index in [2.05, 4.69) is 10.3 Å². The Bertz CT molecular complexity index is 1190. The Morgan fingerprint density at radius 1 is 1.19 bits per heavy atom. The molecule has 0 unspecified atom stereocenters. The molecule has 0 spiro atoms. The van der Waals surface area contributed by atoms with Crippen LogP contribution in [0.4, 0.5) is 5.69 Å². The highest BCUT2D eigenvalue weighted by atomic mass is 16.6. The number of benzene rings is 2. The van der Waals surface area contributed by atoms with Gasteiger partial charge >= 0.3 is 5.63 Å². The SMILES string of the molecule is CCc1cc(=O)oc2c3c(ccc12)OCN(c1cccc2nonc12)C3. The van der Waals surface area contributed by atoms with Crippen molar-refractivity contribution in [3.05, 3.63) is 57.9 Å². The monoisotopic (exact) mass is 349 g/mol. The lowest BCUT2D eigenvalue weighted by molar-refractivity contribution is 0.289. The minimum atomic E-state index is -0.345. The standard InChI is InChI=1S/C19H15N3O4/c1-2-11-8-17(23)25-19-12(11)6-7-16-13(19)9-22(10-24-16)15-5-3-4-14-18(15)21-26-20-14/h3-8H,2,9-10H2,1H3. The first-order valence-corrected chi connectivity index (χ1v) is 8.42. The molecule has 4 aromatic rings. The highest BCUT2D eigenvalue weighted by molar-refractivity contribution is 5.89. The Hall–Kier alpha value is -3.35. The molecular formula is C19H15N3O4. The van der Waals surface area contributed by atoms with Gasteiger partial charge in [0.05, 0.1) is 17.8 Å². The number of hydrogen-bond acceptors (Lipinski definition) is 7. The van der Waals surface area contributed by atoms with Crippen molar-refractivity contribution in [3.8, 4) is 5.75 Å².